The summed E-state index contributed by atoms with van der Waals surface area (Å²) in [6.45, 7) is 1.38. The largest absolute Gasteiger partial charge is 0.497 e. The first-order valence-electron chi connectivity index (χ1n) is 11.1. The average molecular weight is 445 g/mol. The number of carbonyl (C=O) groups excluding carboxylic acids is 2. The molecule has 3 aromatic carbocycles. The normalized spacial score (nSPS) is 15.6. The first-order chi connectivity index (χ1) is 16.1. The molecule has 1 atom stereocenters. The van der Waals surface area contributed by atoms with Gasteiger partial charge in [-0.25, -0.2) is 0 Å². The van der Waals surface area contributed by atoms with E-state index < -0.39 is 0 Å². The third-order valence-corrected chi connectivity index (χ3v) is 5.90. The van der Waals surface area contributed by atoms with Crippen molar-refractivity contribution in [3.8, 4) is 11.5 Å². The molecular formula is C27H28N2O4. The lowest BCUT2D eigenvalue weighted by atomic mass is 10.00. The van der Waals surface area contributed by atoms with Crippen molar-refractivity contribution < 1.29 is 19.1 Å². The van der Waals surface area contributed by atoms with Crippen LogP contribution in [0.25, 0.3) is 0 Å². The van der Waals surface area contributed by atoms with Crippen molar-refractivity contribution in [3.63, 3.8) is 0 Å². The number of anilines is 1. The molecule has 0 saturated carbocycles. The van der Waals surface area contributed by atoms with E-state index >= 15 is 0 Å². The average Bonchev–Trinajstić information content (AvgIpc) is 2.88. The van der Waals surface area contributed by atoms with E-state index in [2.05, 4.69) is 5.32 Å². The van der Waals surface area contributed by atoms with Gasteiger partial charge in [0, 0.05) is 35.9 Å². The number of nitrogens with one attached hydrogen (secondary N) is 1. The van der Waals surface area contributed by atoms with Crippen molar-refractivity contribution >= 4 is 17.4 Å². The second-order valence-corrected chi connectivity index (χ2v) is 8.07. The maximum Gasteiger partial charge on any atom is 0.253 e. The van der Waals surface area contributed by atoms with E-state index in [0.717, 1.165) is 25.1 Å². The van der Waals surface area contributed by atoms with Crippen LogP contribution in [0, 0.1) is 0 Å². The predicted octanol–water partition coefficient (Wildman–Crippen LogP) is 4.65. The molecule has 3 aromatic rings. The molecule has 6 nitrogen and oxygen atoms in total. The first kappa shape index (κ1) is 22.4. The molecule has 0 aliphatic carbocycles. The molecule has 4 rings (SSSR count). The van der Waals surface area contributed by atoms with Crippen molar-refractivity contribution in [2.75, 3.05) is 32.6 Å². The molecule has 1 aliphatic heterocycles. The quantitative estimate of drug-likeness (QED) is 0.537. The summed E-state index contributed by atoms with van der Waals surface area (Å²) in [6, 6.07) is 22.2. The molecule has 0 unspecified atom stereocenters. The topological polar surface area (TPSA) is 67.9 Å². The van der Waals surface area contributed by atoms with Crippen LogP contribution in [0.2, 0.25) is 0 Å². The number of hydrogen-bond donors (Lipinski definition) is 1. The number of methoxy groups -OCH3 is 2. The van der Waals surface area contributed by atoms with Crippen LogP contribution in [-0.4, -0.2) is 49.9 Å². The number of ether oxygens (including phenoxy) is 2. The number of rotatable bonds is 7. The van der Waals surface area contributed by atoms with Crippen LogP contribution in [0.5, 0.6) is 11.5 Å². The molecule has 1 amide bonds. The van der Waals surface area contributed by atoms with Gasteiger partial charge in [0.2, 0.25) is 0 Å². The van der Waals surface area contributed by atoms with Gasteiger partial charge in [-0.3, -0.25) is 9.59 Å². The van der Waals surface area contributed by atoms with E-state index in [0.29, 0.717) is 34.7 Å². The fourth-order valence-electron chi connectivity index (χ4n) is 4.14. The number of para-hydroxylation sites is 1. The Labute approximate surface area is 194 Å². The van der Waals surface area contributed by atoms with Crippen LogP contribution in [-0.2, 0) is 0 Å². The van der Waals surface area contributed by atoms with Crippen LogP contribution in [0.3, 0.4) is 0 Å². The summed E-state index contributed by atoms with van der Waals surface area (Å²) in [5, 5.41) is 3.52. The first-order valence-corrected chi connectivity index (χ1v) is 11.1. The van der Waals surface area contributed by atoms with Gasteiger partial charge in [-0.1, -0.05) is 30.3 Å². The molecule has 33 heavy (non-hydrogen) atoms. The Kier molecular flexibility index (Phi) is 6.93. The Hall–Kier alpha value is -3.80. The molecule has 0 spiro atoms. The SMILES string of the molecule is COc1ccc(OC)c(C(=O)c2ccc(C(=O)N3CCC[C@@H](Nc4ccccc4)C3)cc2)c1. The smallest absolute Gasteiger partial charge is 0.253 e. The van der Waals surface area contributed by atoms with E-state index in [-0.39, 0.29) is 17.7 Å². The standard InChI is InChI=1S/C27H28N2O4/c1-32-23-14-15-25(33-2)24(17-23)26(30)19-10-12-20(13-11-19)27(31)29-16-6-9-22(18-29)28-21-7-4-3-5-8-21/h3-5,7-8,10-15,17,22,28H,6,9,16,18H2,1-2H3/t22-/m1/s1. The van der Waals surface area contributed by atoms with E-state index in [1.165, 1.54) is 7.11 Å². The molecule has 0 aromatic heterocycles. The Morgan fingerprint density at radius 1 is 0.909 bits per heavy atom. The van der Waals surface area contributed by atoms with Crippen LogP contribution < -0.4 is 14.8 Å². The zero-order valence-electron chi connectivity index (χ0n) is 18.9. The Balaban J connectivity index is 1.45. The monoisotopic (exact) mass is 444 g/mol. The Bertz CT molecular complexity index is 1110. The molecule has 1 aliphatic rings. The van der Waals surface area contributed by atoms with Gasteiger partial charge in [0.25, 0.3) is 5.91 Å². The maximum atomic E-state index is 13.1. The zero-order valence-corrected chi connectivity index (χ0v) is 18.9. The molecular weight excluding hydrogens is 416 g/mol. The lowest BCUT2D eigenvalue weighted by Gasteiger charge is -2.33. The van der Waals surface area contributed by atoms with E-state index in [4.69, 9.17) is 9.47 Å². The highest BCUT2D eigenvalue weighted by Crippen LogP contribution is 2.27. The minimum absolute atomic E-state index is 0.0208. The summed E-state index contributed by atoms with van der Waals surface area (Å²) in [7, 11) is 3.08. The molecule has 1 N–H and O–H groups in total. The minimum atomic E-state index is -0.185. The zero-order chi connectivity index (χ0) is 23.2. The molecule has 1 heterocycles. The third kappa shape index (κ3) is 5.17. The number of hydrogen-bond acceptors (Lipinski definition) is 5. The van der Waals surface area contributed by atoms with Gasteiger partial charge < -0.3 is 19.7 Å². The Morgan fingerprint density at radius 2 is 1.64 bits per heavy atom. The lowest BCUT2D eigenvalue weighted by molar-refractivity contribution is 0.0714. The molecule has 0 bridgehead atoms. The molecule has 6 heteroatoms. The Morgan fingerprint density at radius 3 is 2.33 bits per heavy atom. The summed E-state index contributed by atoms with van der Waals surface area (Å²) in [5.41, 5.74) is 2.54. The summed E-state index contributed by atoms with van der Waals surface area (Å²) >= 11 is 0. The lowest BCUT2D eigenvalue weighted by Crippen LogP contribution is -2.45. The predicted molar refractivity (Wildman–Crippen MR) is 128 cm³/mol. The van der Waals surface area contributed by atoms with Gasteiger partial charge in [0.05, 0.1) is 19.8 Å². The number of benzene rings is 3. The third-order valence-electron chi connectivity index (χ3n) is 5.90. The number of amides is 1. The van der Waals surface area contributed by atoms with E-state index in [1.807, 2.05) is 35.2 Å². The number of likely N-dealkylation sites (tertiary alicyclic amines) is 1. The number of carbonyl (C=O) groups is 2. The van der Waals surface area contributed by atoms with Gasteiger partial charge in [0.1, 0.15) is 11.5 Å². The van der Waals surface area contributed by atoms with Gasteiger partial charge >= 0.3 is 0 Å². The van der Waals surface area contributed by atoms with Crippen molar-refractivity contribution in [1.82, 2.24) is 4.90 Å². The van der Waals surface area contributed by atoms with Crippen molar-refractivity contribution in [1.29, 1.82) is 0 Å². The van der Waals surface area contributed by atoms with Crippen molar-refractivity contribution in [2.24, 2.45) is 0 Å². The molecule has 170 valence electrons. The highest BCUT2D eigenvalue weighted by molar-refractivity contribution is 6.11. The summed E-state index contributed by atoms with van der Waals surface area (Å²) in [5.74, 6) is 0.850. The van der Waals surface area contributed by atoms with E-state index in [1.54, 1.807) is 49.6 Å². The number of ketones is 1. The number of nitrogens with zero attached hydrogens (tertiary/aromatic N) is 1. The van der Waals surface area contributed by atoms with Gasteiger partial charge in [0.15, 0.2) is 5.78 Å². The van der Waals surface area contributed by atoms with Crippen molar-refractivity contribution in [2.45, 2.75) is 18.9 Å². The molecule has 0 radical (unpaired) electrons. The van der Waals surface area contributed by atoms with Crippen LogP contribution in [0.4, 0.5) is 5.69 Å². The maximum absolute atomic E-state index is 13.1. The summed E-state index contributed by atoms with van der Waals surface area (Å²) in [4.78, 5) is 28.0. The van der Waals surface area contributed by atoms with Crippen molar-refractivity contribution in [3.05, 3.63) is 89.5 Å². The second-order valence-electron chi connectivity index (χ2n) is 8.07. The summed E-state index contributed by atoms with van der Waals surface area (Å²) < 4.78 is 10.6. The van der Waals surface area contributed by atoms with Crippen LogP contribution in [0.1, 0.15) is 39.1 Å². The van der Waals surface area contributed by atoms with Crippen LogP contribution in [0.15, 0.2) is 72.8 Å². The molecule has 1 saturated heterocycles. The highest BCUT2D eigenvalue weighted by Gasteiger charge is 2.25. The number of piperidine rings is 1. The van der Waals surface area contributed by atoms with Crippen LogP contribution >= 0.6 is 0 Å². The van der Waals surface area contributed by atoms with Gasteiger partial charge in [-0.2, -0.15) is 0 Å². The minimum Gasteiger partial charge on any atom is -0.497 e. The van der Waals surface area contributed by atoms with Gasteiger partial charge in [-0.15, -0.1) is 0 Å². The fourth-order valence-corrected chi connectivity index (χ4v) is 4.14. The highest BCUT2D eigenvalue weighted by atomic mass is 16.5. The fraction of sp³-hybridized carbons (Fsp3) is 0.259. The van der Waals surface area contributed by atoms with Gasteiger partial charge in [-0.05, 0) is 55.3 Å². The molecule has 1 fully saturated rings. The summed E-state index contributed by atoms with van der Waals surface area (Å²) in [6.07, 6.45) is 1.97. The second kappa shape index (κ2) is 10.2. The van der Waals surface area contributed by atoms with E-state index in [9.17, 15) is 9.59 Å².